The van der Waals surface area contributed by atoms with Crippen LogP contribution >= 0.6 is 11.6 Å². The van der Waals surface area contributed by atoms with Crippen LogP contribution in [0.25, 0.3) is 0 Å². The molecule has 1 aliphatic rings. The number of carbonyl (C=O) groups excluding carboxylic acids is 1. The molecule has 0 saturated heterocycles. The molecule has 0 heterocycles. The Bertz CT molecular complexity index is 426. The second-order valence-electron chi connectivity index (χ2n) is 4.36. The number of carbonyl (C=O) groups is 1. The van der Waals surface area contributed by atoms with Gasteiger partial charge in [-0.25, -0.2) is 0 Å². The van der Waals surface area contributed by atoms with Crippen LogP contribution in [0.15, 0.2) is 18.2 Å². The van der Waals surface area contributed by atoms with E-state index in [9.17, 15) is 4.79 Å². The SMILES string of the molecule is CCN(C(=O)COc1c(N)cccc1Cl)C1CC1. The van der Waals surface area contributed by atoms with Gasteiger partial charge in [-0.2, -0.15) is 0 Å². The Morgan fingerprint density at radius 3 is 2.83 bits per heavy atom. The van der Waals surface area contributed by atoms with E-state index in [4.69, 9.17) is 22.1 Å². The van der Waals surface area contributed by atoms with Crippen LogP contribution in [0.1, 0.15) is 19.8 Å². The van der Waals surface area contributed by atoms with Gasteiger partial charge in [0, 0.05) is 12.6 Å². The highest BCUT2D eigenvalue weighted by molar-refractivity contribution is 6.32. The molecule has 2 N–H and O–H groups in total. The lowest BCUT2D eigenvalue weighted by Gasteiger charge is -2.20. The van der Waals surface area contributed by atoms with E-state index in [2.05, 4.69) is 0 Å². The Balaban J connectivity index is 1.96. The molecule has 4 nitrogen and oxygen atoms in total. The highest BCUT2D eigenvalue weighted by Crippen LogP contribution is 2.31. The zero-order chi connectivity index (χ0) is 13.1. The third kappa shape index (κ3) is 2.88. The van der Waals surface area contributed by atoms with Crippen molar-refractivity contribution in [3.63, 3.8) is 0 Å². The Morgan fingerprint density at radius 1 is 1.56 bits per heavy atom. The van der Waals surface area contributed by atoms with Gasteiger partial charge in [-0.05, 0) is 31.9 Å². The summed E-state index contributed by atoms with van der Waals surface area (Å²) in [6.07, 6.45) is 2.18. The van der Waals surface area contributed by atoms with Gasteiger partial charge in [0.15, 0.2) is 12.4 Å². The number of likely N-dealkylation sites (N-methyl/N-ethyl adjacent to an activating group) is 1. The first kappa shape index (κ1) is 13.0. The smallest absolute Gasteiger partial charge is 0.260 e. The van der Waals surface area contributed by atoms with Gasteiger partial charge in [0.25, 0.3) is 5.91 Å². The van der Waals surface area contributed by atoms with Crippen LogP contribution in [0.5, 0.6) is 5.75 Å². The van der Waals surface area contributed by atoms with Crippen molar-refractivity contribution >= 4 is 23.2 Å². The minimum atomic E-state index is -0.0156. The lowest BCUT2D eigenvalue weighted by atomic mass is 10.3. The maximum atomic E-state index is 12.0. The first-order chi connectivity index (χ1) is 8.63. The fourth-order valence-corrected chi connectivity index (χ4v) is 2.16. The predicted octanol–water partition coefficient (Wildman–Crippen LogP) is 2.31. The molecule has 18 heavy (non-hydrogen) atoms. The number of anilines is 1. The molecule has 0 bridgehead atoms. The number of benzene rings is 1. The molecule has 1 aliphatic carbocycles. The molecule has 0 aliphatic heterocycles. The molecule has 1 fully saturated rings. The zero-order valence-electron chi connectivity index (χ0n) is 10.4. The van der Waals surface area contributed by atoms with Crippen molar-refractivity contribution in [1.82, 2.24) is 4.90 Å². The van der Waals surface area contributed by atoms with Crippen LogP contribution in [0.4, 0.5) is 5.69 Å². The summed E-state index contributed by atoms with van der Waals surface area (Å²) < 4.78 is 5.44. The lowest BCUT2D eigenvalue weighted by molar-refractivity contribution is -0.133. The van der Waals surface area contributed by atoms with Crippen molar-refractivity contribution in [2.45, 2.75) is 25.8 Å². The topological polar surface area (TPSA) is 55.6 Å². The minimum absolute atomic E-state index is 0.0145. The van der Waals surface area contributed by atoms with Gasteiger partial charge in [0.1, 0.15) is 0 Å². The van der Waals surface area contributed by atoms with E-state index in [1.165, 1.54) is 0 Å². The Morgan fingerprint density at radius 2 is 2.28 bits per heavy atom. The van der Waals surface area contributed by atoms with Crippen LogP contribution in [0.2, 0.25) is 5.02 Å². The number of rotatable bonds is 5. The Labute approximate surface area is 112 Å². The van der Waals surface area contributed by atoms with E-state index in [0.717, 1.165) is 12.8 Å². The molecule has 1 aromatic rings. The van der Waals surface area contributed by atoms with Gasteiger partial charge in [0.05, 0.1) is 10.7 Å². The summed E-state index contributed by atoms with van der Waals surface area (Å²) in [7, 11) is 0. The van der Waals surface area contributed by atoms with E-state index in [-0.39, 0.29) is 12.5 Å². The number of halogens is 1. The summed E-state index contributed by atoms with van der Waals surface area (Å²) in [5, 5.41) is 0.428. The van der Waals surface area contributed by atoms with Crippen molar-refractivity contribution in [2.24, 2.45) is 0 Å². The number of para-hydroxylation sites is 1. The van der Waals surface area contributed by atoms with Crippen LogP contribution in [0, 0.1) is 0 Å². The van der Waals surface area contributed by atoms with Crippen LogP contribution in [-0.4, -0.2) is 30.0 Å². The first-order valence-corrected chi connectivity index (χ1v) is 6.47. The Kier molecular flexibility index (Phi) is 3.97. The largest absolute Gasteiger partial charge is 0.480 e. The Hall–Kier alpha value is -1.42. The van der Waals surface area contributed by atoms with Gasteiger partial charge in [0.2, 0.25) is 0 Å². The highest BCUT2D eigenvalue weighted by atomic mass is 35.5. The van der Waals surface area contributed by atoms with E-state index in [0.29, 0.717) is 29.0 Å². The van der Waals surface area contributed by atoms with E-state index in [1.54, 1.807) is 18.2 Å². The number of ether oxygens (including phenoxy) is 1. The third-order valence-corrected chi connectivity index (χ3v) is 3.28. The molecule has 1 amide bonds. The predicted molar refractivity (Wildman–Crippen MR) is 71.8 cm³/mol. The normalized spacial score (nSPS) is 14.3. The van der Waals surface area contributed by atoms with Crippen LogP contribution in [-0.2, 0) is 4.79 Å². The number of hydrogen-bond acceptors (Lipinski definition) is 3. The van der Waals surface area contributed by atoms with Gasteiger partial charge in [-0.1, -0.05) is 17.7 Å². The lowest BCUT2D eigenvalue weighted by Crippen LogP contribution is -2.36. The molecule has 1 saturated carbocycles. The summed E-state index contributed by atoms with van der Waals surface area (Å²) >= 11 is 5.97. The maximum Gasteiger partial charge on any atom is 0.260 e. The molecule has 0 spiro atoms. The van der Waals surface area contributed by atoms with Gasteiger partial charge in [-0.15, -0.1) is 0 Å². The number of nitrogens with two attached hydrogens (primary N) is 1. The maximum absolute atomic E-state index is 12.0. The molecule has 98 valence electrons. The number of amides is 1. The number of nitrogens with zero attached hydrogens (tertiary/aromatic N) is 1. The van der Waals surface area contributed by atoms with Crippen molar-refractivity contribution < 1.29 is 9.53 Å². The van der Waals surface area contributed by atoms with Gasteiger partial charge >= 0.3 is 0 Å². The molecule has 0 unspecified atom stereocenters. The molecular formula is C13H17ClN2O2. The second-order valence-corrected chi connectivity index (χ2v) is 4.76. The van der Waals surface area contributed by atoms with E-state index in [1.807, 2.05) is 11.8 Å². The summed E-state index contributed by atoms with van der Waals surface area (Å²) in [6.45, 7) is 2.67. The second kappa shape index (κ2) is 5.48. The molecule has 0 radical (unpaired) electrons. The van der Waals surface area contributed by atoms with E-state index < -0.39 is 0 Å². The number of nitrogen functional groups attached to an aromatic ring is 1. The highest BCUT2D eigenvalue weighted by Gasteiger charge is 2.31. The minimum Gasteiger partial charge on any atom is -0.480 e. The van der Waals surface area contributed by atoms with Crippen LogP contribution < -0.4 is 10.5 Å². The van der Waals surface area contributed by atoms with Gasteiger partial charge < -0.3 is 15.4 Å². The third-order valence-electron chi connectivity index (χ3n) is 2.99. The standard InChI is InChI=1S/C13H17ClN2O2/c1-2-16(9-6-7-9)12(17)8-18-13-10(14)4-3-5-11(13)15/h3-5,9H,2,6-8,15H2,1H3. The monoisotopic (exact) mass is 268 g/mol. The summed E-state index contributed by atoms with van der Waals surface area (Å²) in [5.41, 5.74) is 6.20. The van der Waals surface area contributed by atoms with Crippen LogP contribution in [0.3, 0.4) is 0 Å². The summed E-state index contributed by atoms with van der Waals surface area (Å²) in [4.78, 5) is 13.8. The molecule has 2 rings (SSSR count). The zero-order valence-corrected chi connectivity index (χ0v) is 11.1. The molecule has 5 heteroatoms. The number of hydrogen-bond donors (Lipinski definition) is 1. The summed E-state index contributed by atoms with van der Waals surface area (Å²) in [5.74, 6) is 0.374. The van der Waals surface area contributed by atoms with E-state index >= 15 is 0 Å². The van der Waals surface area contributed by atoms with Crippen molar-refractivity contribution in [3.05, 3.63) is 23.2 Å². The quantitative estimate of drug-likeness (QED) is 0.834. The first-order valence-electron chi connectivity index (χ1n) is 6.09. The van der Waals surface area contributed by atoms with Crippen molar-refractivity contribution in [1.29, 1.82) is 0 Å². The fourth-order valence-electron chi connectivity index (χ4n) is 1.92. The summed E-state index contributed by atoms with van der Waals surface area (Å²) in [6, 6.07) is 5.53. The molecule has 0 aromatic heterocycles. The average Bonchev–Trinajstić information content (AvgIpc) is 3.14. The van der Waals surface area contributed by atoms with Crippen molar-refractivity contribution in [2.75, 3.05) is 18.9 Å². The molecule has 1 aromatic carbocycles. The fraction of sp³-hybridized carbons (Fsp3) is 0.462. The molecule has 0 atom stereocenters. The average molecular weight is 269 g/mol. The molecular weight excluding hydrogens is 252 g/mol. The van der Waals surface area contributed by atoms with Gasteiger partial charge in [-0.3, -0.25) is 4.79 Å². The van der Waals surface area contributed by atoms with Crippen molar-refractivity contribution in [3.8, 4) is 5.75 Å².